The summed E-state index contributed by atoms with van der Waals surface area (Å²) in [5.41, 5.74) is 0. The Hall–Kier alpha value is -0.860. The highest BCUT2D eigenvalue weighted by Crippen LogP contribution is 1.89. The van der Waals surface area contributed by atoms with Gasteiger partial charge in [-0.2, -0.15) is 4.98 Å². The molecule has 3 nitrogen and oxygen atoms in total. The zero-order valence-corrected chi connectivity index (χ0v) is 12.5. The molecule has 0 saturated carbocycles. The molecule has 0 fully saturated rings. The van der Waals surface area contributed by atoms with Crippen molar-refractivity contribution in [3.63, 3.8) is 0 Å². The molecule has 1 rings (SSSR count). The summed E-state index contributed by atoms with van der Waals surface area (Å²) < 4.78 is 4.60. The molecule has 3 heteroatoms. The van der Waals surface area contributed by atoms with E-state index in [1.165, 1.54) is 38.5 Å². The van der Waals surface area contributed by atoms with Gasteiger partial charge in [0.15, 0.2) is 5.82 Å². The van der Waals surface area contributed by atoms with Crippen LogP contribution in [-0.4, -0.2) is 10.1 Å². The Morgan fingerprint density at radius 1 is 0.824 bits per heavy atom. The molecule has 0 atom stereocenters. The lowest BCUT2D eigenvalue weighted by Gasteiger charge is -1.79. The number of rotatable bonds is 4. The molecule has 1 aromatic heterocycles. The SMILES string of the molecule is CCCCC.CCCCC.Cc1noc(C)n1. The maximum Gasteiger partial charge on any atom is 0.223 e. The molecule has 0 aliphatic heterocycles. The predicted molar refractivity (Wildman–Crippen MR) is 74.2 cm³/mol. The standard InChI is InChI=1S/2C5H12.C4H6N2O/c2*1-3-5-4-2;1-3-5-4(2)7-6-3/h2*3-5H2,1-2H3;1-2H3. The number of unbranched alkanes of at least 4 members (excludes halogenated alkanes) is 4. The van der Waals surface area contributed by atoms with E-state index in [9.17, 15) is 0 Å². The molecule has 102 valence electrons. The highest BCUT2D eigenvalue weighted by Gasteiger charge is 1.89. The summed E-state index contributed by atoms with van der Waals surface area (Å²) in [4.78, 5) is 3.83. The van der Waals surface area contributed by atoms with Crippen LogP contribution < -0.4 is 0 Å². The van der Waals surface area contributed by atoms with Gasteiger partial charge in [-0.3, -0.25) is 0 Å². The van der Waals surface area contributed by atoms with Crippen LogP contribution in [0.1, 0.15) is 77.9 Å². The van der Waals surface area contributed by atoms with Crippen LogP contribution in [0.4, 0.5) is 0 Å². The zero-order chi connectivity index (χ0) is 13.5. The molecule has 0 unspecified atom stereocenters. The van der Waals surface area contributed by atoms with Gasteiger partial charge in [0.05, 0.1) is 0 Å². The second-order valence-electron chi connectivity index (χ2n) is 4.07. The summed E-state index contributed by atoms with van der Waals surface area (Å²) >= 11 is 0. The highest BCUT2D eigenvalue weighted by molar-refractivity contribution is 4.77. The maximum atomic E-state index is 4.60. The first-order chi connectivity index (χ1) is 8.12. The summed E-state index contributed by atoms with van der Waals surface area (Å²) in [6.45, 7) is 12.4. The van der Waals surface area contributed by atoms with E-state index in [-0.39, 0.29) is 0 Å². The molecule has 0 amide bonds. The van der Waals surface area contributed by atoms with Gasteiger partial charge in [-0.25, -0.2) is 0 Å². The van der Waals surface area contributed by atoms with Crippen molar-refractivity contribution in [3.8, 4) is 0 Å². The fourth-order valence-corrected chi connectivity index (χ4v) is 1.11. The first kappa shape index (κ1) is 18.5. The van der Waals surface area contributed by atoms with Crippen LogP contribution in [0.2, 0.25) is 0 Å². The number of hydrogen-bond donors (Lipinski definition) is 0. The average Bonchev–Trinajstić information content (AvgIpc) is 2.66. The van der Waals surface area contributed by atoms with Gasteiger partial charge >= 0.3 is 0 Å². The van der Waals surface area contributed by atoms with Gasteiger partial charge in [-0.05, 0) is 6.92 Å². The lowest BCUT2D eigenvalue weighted by atomic mass is 10.3. The first-order valence-electron chi connectivity index (χ1n) is 6.89. The fraction of sp³-hybridized carbons (Fsp3) is 0.857. The van der Waals surface area contributed by atoms with Crippen molar-refractivity contribution in [2.45, 2.75) is 80.1 Å². The molecule has 0 aliphatic carbocycles. The highest BCUT2D eigenvalue weighted by atomic mass is 16.5. The zero-order valence-electron chi connectivity index (χ0n) is 12.5. The van der Waals surface area contributed by atoms with E-state index in [1.807, 2.05) is 0 Å². The minimum absolute atomic E-state index is 0.623. The van der Waals surface area contributed by atoms with E-state index in [0.29, 0.717) is 11.7 Å². The van der Waals surface area contributed by atoms with Crippen LogP contribution in [0.5, 0.6) is 0 Å². The second-order valence-corrected chi connectivity index (χ2v) is 4.07. The van der Waals surface area contributed by atoms with Crippen molar-refractivity contribution in [1.29, 1.82) is 0 Å². The normalized spacial score (nSPS) is 8.82. The van der Waals surface area contributed by atoms with Crippen LogP contribution >= 0.6 is 0 Å². The Morgan fingerprint density at radius 3 is 1.29 bits per heavy atom. The fourth-order valence-electron chi connectivity index (χ4n) is 1.11. The first-order valence-corrected chi connectivity index (χ1v) is 6.89. The van der Waals surface area contributed by atoms with Gasteiger partial charge in [0.1, 0.15) is 0 Å². The minimum Gasteiger partial charge on any atom is -0.340 e. The third-order valence-corrected chi connectivity index (χ3v) is 2.04. The number of hydrogen-bond acceptors (Lipinski definition) is 3. The van der Waals surface area contributed by atoms with Crippen LogP contribution in [0.25, 0.3) is 0 Å². The van der Waals surface area contributed by atoms with Crippen molar-refractivity contribution < 1.29 is 4.52 Å². The van der Waals surface area contributed by atoms with Gasteiger partial charge < -0.3 is 4.52 Å². The second kappa shape index (κ2) is 15.1. The Kier molecular flexibility index (Phi) is 16.5. The molecule has 0 aromatic carbocycles. The lowest BCUT2D eigenvalue weighted by molar-refractivity contribution is 0.389. The van der Waals surface area contributed by atoms with E-state index in [1.54, 1.807) is 13.8 Å². The molecule has 0 bridgehead atoms. The summed E-state index contributed by atoms with van der Waals surface area (Å²) in [5, 5.41) is 3.53. The van der Waals surface area contributed by atoms with E-state index in [4.69, 9.17) is 0 Å². The Balaban J connectivity index is 0. The quantitative estimate of drug-likeness (QED) is 0.739. The van der Waals surface area contributed by atoms with E-state index < -0.39 is 0 Å². The minimum atomic E-state index is 0.623. The van der Waals surface area contributed by atoms with Crippen LogP contribution in [-0.2, 0) is 0 Å². The van der Waals surface area contributed by atoms with Gasteiger partial charge in [-0.15, -0.1) is 0 Å². The van der Waals surface area contributed by atoms with Gasteiger partial charge in [0.25, 0.3) is 0 Å². The smallest absolute Gasteiger partial charge is 0.223 e. The molecule has 0 radical (unpaired) electrons. The van der Waals surface area contributed by atoms with Crippen molar-refractivity contribution in [1.82, 2.24) is 10.1 Å². The summed E-state index contributed by atoms with van der Waals surface area (Å²) in [6, 6.07) is 0. The average molecular weight is 242 g/mol. The lowest BCUT2D eigenvalue weighted by Crippen LogP contribution is -1.70. The molecule has 0 aliphatic rings. The molecule has 1 aromatic rings. The van der Waals surface area contributed by atoms with Crippen LogP contribution in [0.15, 0.2) is 4.52 Å². The number of aromatic nitrogens is 2. The van der Waals surface area contributed by atoms with Gasteiger partial charge in [-0.1, -0.05) is 71.4 Å². The van der Waals surface area contributed by atoms with Gasteiger partial charge in [0.2, 0.25) is 5.89 Å². The van der Waals surface area contributed by atoms with Crippen molar-refractivity contribution in [3.05, 3.63) is 11.7 Å². The molecule has 0 N–H and O–H groups in total. The van der Waals surface area contributed by atoms with Gasteiger partial charge in [0, 0.05) is 6.92 Å². The van der Waals surface area contributed by atoms with Crippen LogP contribution in [0.3, 0.4) is 0 Å². The monoisotopic (exact) mass is 242 g/mol. The third-order valence-electron chi connectivity index (χ3n) is 2.04. The summed E-state index contributed by atoms with van der Waals surface area (Å²) in [7, 11) is 0. The number of nitrogens with zero attached hydrogens (tertiary/aromatic N) is 2. The summed E-state index contributed by atoms with van der Waals surface area (Å²) in [6.07, 6.45) is 8.15. The molecular weight excluding hydrogens is 212 g/mol. The maximum absolute atomic E-state index is 4.60. The topological polar surface area (TPSA) is 38.9 Å². The Morgan fingerprint density at radius 2 is 1.24 bits per heavy atom. The van der Waals surface area contributed by atoms with E-state index in [2.05, 4.69) is 42.4 Å². The molecule has 0 spiro atoms. The predicted octanol–water partition coefficient (Wildman–Crippen LogP) is 5.08. The van der Waals surface area contributed by atoms with Crippen molar-refractivity contribution >= 4 is 0 Å². The number of aryl methyl sites for hydroxylation is 2. The molecule has 0 saturated heterocycles. The van der Waals surface area contributed by atoms with E-state index in [0.717, 1.165) is 0 Å². The van der Waals surface area contributed by atoms with Crippen molar-refractivity contribution in [2.75, 3.05) is 0 Å². The van der Waals surface area contributed by atoms with E-state index >= 15 is 0 Å². The van der Waals surface area contributed by atoms with Crippen molar-refractivity contribution in [2.24, 2.45) is 0 Å². The Labute approximate surface area is 107 Å². The molecular formula is C14H30N2O. The molecule has 17 heavy (non-hydrogen) atoms. The molecule has 1 heterocycles. The van der Waals surface area contributed by atoms with Crippen LogP contribution in [0, 0.1) is 13.8 Å². The largest absolute Gasteiger partial charge is 0.340 e. The Bertz CT molecular complexity index is 207. The third kappa shape index (κ3) is 17.7. The summed E-state index contributed by atoms with van der Waals surface area (Å²) in [5.74, 6) is 1.31.